The second-order valence-electron chi connectivity index (χ2n) is 8.20. The molecule has 1 aliphatic rings. The molecule has 1 saturated heterocycles. The number of benzene rings is 1. The van der Waals surface area contributed by atoms with Gasteiger partial charge in [0.05, 0.1) is 19.3 Å². The molecule has 0 spiro atoms. The Balaban J connectivity index is 1.73. The Hall–Kier alpha value is -2.34. The zero-order valence-corrected chi connectivity index (χ0v) is 17.7. The predicted octanol–water partition coefficient (Wildman–Crippen LogP) is 3.82. The van der Waals surface area contributed by atoms with Crippen molar-refractivity contribution in [1.82, 2.24) is 15.2 Å². The van der Waals surface area contributed by atoms with E-state index < -0.39 is 0 Å². The van der Waals surface area contributed by atoms with Crippen LogP contribution >= 0.6 is 0 Å². The Morgan fingerprint density at radius 1 is 1.32 bits per heavy atom. The zero-order chi connectivity index (χ0) is 20.1. The lowest BCUT2D eigenvalue weighted by Crippen LogP contribution is -2.48. The van der Waals surface area contributed by atoms with Crippen molar-refractivity contribution < 1.29 is 9.15 Å². The number of guanidine groups is 1. The van der Waals surface area contributed by atoms with Crippen molar-refractivity contribution in [1.29, 1.82) is 0 Å². The molecule has 1 N–H and O–H groups in total. The molecule has 0 bridgehead atoms. The molecule has 0 radical (unpaired) electrons. The number of hydrogen-bond donors (Lipinski definition) is 1. The van der Waals surface area contributed by atoms with E-state index in [0.29, 0.717) is 19.0 Å². The van der Waals surface area contributed by atoms with E-state index in [1.165, 1.54) is 11.1 Å². The van der Waals surface area contributed by atoms with Gasteiger partial charge in [0.15, 0.2) is 5.96 Å². The van der Waals surface area contributed by atoms with Gasteiger partial charge < -0.3 is 19.4 Å². The molecule has 0 amide bonds. The number of aryl methyl sites for hydroxylation is 1. The van der Waals surface area contributed by atoms with Crippen molar-refractivity contribution in [3.63, 3.8) is 0 Å². The molecule has 1 aromatic carbocycles. The third-order valence-electron chi connectivity index (χ3n) is 4.89. The molecule has 1 aromatic heterocycles. The molecule has 1 fully saturated rings. The molecule has 28 heavy (non-hydrogen) atoms. The summed E-state index contributed by atoms with van der Waals surface area (Å²) in [6, 6.07) is 8.41. The monoisotopic (exact) mass is 384 g/mol. The fourth-order valence-electron chi connectivity index (χ4n) is 3.28. The first kappa shape index (κ1) is 20.4. The van der Waals surface area contributed by atoms with Gasteiger partial charge in [-0.15, -0.1) is 0 Å². The minimum absolute atomic E-state index is 0.0491. The summed E-state index contributed by atoms with van der Waals surface area (Å²) < 4.78 is 11.9. The van der Waals surface area contributed by atoms with Gasteiger partial charge in [-0.25, -0.2) is 9.98 Å². The summed E-state index contributed by atoms with van der Waals surface area (Å²) in [6.45, 7) is 14.1. The Morgan fingerprint density at radius 2 is 2.11 bits per heavy atom. The minimum atomic E-state index is -0.0512. The SMILES string of the molecule is CCNC(=NCc1ncc(C(C)(C)C)o1)N1CCOC(c2ccccc2C)C1. The summed E-state index contributed by atoms with van der Waals surface area (Å²) in [5, 5.41) is 3.40. The lowest BCUT2D eigenvalue weighted by Gasteiger charge is -2.35. The molecule has 2 heterocycles. The van der Waals surface area contributed by atoms with Crippen LogP contribution in [0.3, 0.4) is 0 Å². The number of aliphatic imine (C=N–C) groups is 1. The summed E-state index contributed by atoms with van der Waals surface area (Å²) in [7, 11) is 0. The predicted molar refractivity (Wildman–Crippen MR) is 111 cm³/mol. The van der Waals surface area contributed by atoms with Crippen LogP contribution in [0.5, 0.6) is 0 Å². The van der Waals surface area contributed by atoms with E-state index in [0.717, 1.165) is 31.4 Å². The van der Waals surface area contributed by atoms with Crippen LogP contribution in [-0.4, -0.2) is 42.1 Å². The summed E-state index contributed by atoms with van der Waals surface area (Å²) in [6.07, 6.45) is 1.86. The number of morpholine rings is 1. The maximum atomic E-state index is 6.05. The third-order valence-corrected chi connectivity index (χ3v) is 4.89. The number of ether oxygens (including phenoxy) is 1. The Morgan fingerprint density at radius 3 is 2.79 bits per heavy atom. The van der Waals surface area contributed by atoms with E-state index in [9.17, 15) is 0 Å². The van der Waals surface area contributed by atoms with Crippen molar-refractivity contribution in [3.05, 3.63) is 53.2 Å². The Kier molecular flexibility index (Phi) is 6.39. The molecular formula is C22H32N4O2. The second kappa shape index (κ2) is 8.78. The number of hydrogen-bond acceptors (Lipinski definition) is 4. The first-order chi connectivity index (χ1) is 13.4. The number of aromatic nitrogens is 1. The first-order valence-electron chi connectivity index (χ1n) is 10.0. The van der Waals surface area contributed by atoms with Gasteiger partial charge in [0, 0.05) is 18.5 Å². The highest BCUT2D eigenvalue weighted by Gasteiger charge is 2.25. The van der Waals surface area contributed by atoms with E-state index in [1.807, 2.05) is 0 Å². The van der Waals surface area contributed by atoms with Crippen molar-refractivity contribution in [2.24, 2.45) is 4.99 Å². The number of nitrogens with zero attached hydrogens (tertiary/aromatic N) is 3. The zero-order valence-electron chi connectivity index (χ0n) is 17.7. The lowest BCUT2D eigenvalue weighted by molar-refractivity contribution is -0.00835. The maximum Gasteiger partial charge on any atom is 0.216 e. The van der Waals surface area contributed by atoms with Gasteiger partial charge in [-0.2, -0.15) is 0 Å². The maximum absolute atomic E-state index is 6.05. The van der Waals surface area contributed by atoms with Crippen molar-refractivity contribution in [3.8, 4) is 0 Å². The highest BCUT2D eigenvalue weighted by molar-refractivity contribution is 5.80. The summed E-state index contributed by atoms with van der Waals surface area (Å²) >= 11 is 0. The Bertz CT molecular complexity index is 807. The van der Waals surface area contributed by atoms with Crippen LogP contribution < -0.4 is 5.32 Å². The molecule has 1 aliphatic heterocycles. The van der Waals surface area contributed by atoms with Crippen molar-refractivity contribution in [2.75, 3.05) is 26.2 Å². The van der Waals surface area contributed by atoms with Crippen molar-refractivity contribution >= 4 is 5.96 Å². The lowest BCUT2D eigenvalue weighted by atomic mass is 9.94. The van der Waals surface area contributed by atoms with E-state index in [1.54, 1.807) is 6.20 Å². The van der Waals surface area contributed by atoms with E-state index in [4.69, 9.17) is 14.1 Å². The van der Waals surface area contributed by atoms with Crippen LogP contribution in [0.15, 0.2) is 39.9 Å². The highest BCUT2D eigenvalue weighted by Crippen LogP contribution is 2.25. The minimum Gasteiger partial charge on any atom is -0.443 e. The summed E-state index contributed by atoms with van der Waals surface area (Å²) in [5.74, 6) is 2.40. The second-order valence-corrected chi connectivity index (χ2v) is 8.20. The molecule has 6 nitrogen and oxygen atoms in total. The van der Waals surface area contributed by atoms with Gasteiger partial charge in [0.25, 0.3) is 0 Å². The van der Waals surface area contributed by atoms with Crippen LogP contribution in [0.25, 0.3) is 0 Å². The van der Waals surface area contributed by atoms with Crippen LogP contribution in [0, 0.1) is 6.92 Å². The molecular weight excluding hydrogens is 352 g/mol. The van der Waals surface area contributed by atoms with E-state index in [-0.39, 0.29) is 11.5 Å². The smallest absolute Gasteiger partial charge is 0.216 e. The van der Waals surface area contributed by atoms with Gasteiger partial charge in [-0.3, -0.25) is 0 Å². The van der Waals surface area contributed by atoms with Gasteiger partial charge in [0.2, 0.25) is 5.89 Å². The largest absolute Gasteiger partial charge is 0.443 e. The van der Waals surface area contributed by atoms with Gasteiger partial charge in [-0.1, -0.05) is 45.0 Å². The molecule has 1 unspecified atom stereocenters. The molecule has 152 valence electrons. The van der Waals surface area contributed by atoms with E-state index in [2.05, 4.69) is 74.1 Å². The summed E-state index contributed by atoms with van der Waals surface area (Å²) in [5.41, 5.74) is 2.45. The standard InChI is InChI=1S/C22H32N4O2/c1-6-23-21(25-14-20-24-13-19(28-20)22(3,4)5)26-11-12-27-18(15-26)17-10-8-7-9-16(17)2/h7-10,13,18H,6,11-12,14-15H2,1-5H3,(H,23,25). The van der Waals surface area contributed by atoms with Crippen LogP contribution in [-0.2, 0) is 16.7 Å². The number of rotatable bonds is 4. The molecule has 3 rings (SSSR count). The Labute approximate surface area is 168 Å². The number of oxazole rings is 1. The molecule has 6 heteroatoms. The van der Waals surface area contributed by atoms with Gasteiger partial charge >= 0.3 is 0 Å². The highest BCUT2D eigenvalue weighted by atomic mass is 16.5. The average Bonchev–Trinajstić information content (AvgIpc) is 3.15. The van der Waals surface area contributed by atoms with Gasteiger partial charge in [0.1, 0.15) is 18.4 Å². The molecule has 1 atom stereocenters. The van der Waals surface area contributed by atoms with Crippen LogP contribution in [0.2, 0.25) is 0 Å². The summed E-state index contributed by atoms with van der Waals surface area (Å²) in [4.78, 5) is 11.4. The van der Waals surface area contributed by atoms with E-state index >= 15 is 0 Å². The normalized spacial score (nSPS) is 18.4. The van der Waals surface area contributed by atoms with Gasteiger partial charge in [-0.05, 0) is 25.0 Å². The first-order valence-corrected chi connectivity index (χ1v) is 10.0. The quantitative estimate of drug-likeness (QED) is 0.641. The fraction of sp³-hybridized carbons (Fsp3) is 0.545. The molecule has 0 saturated carbocycles. The third kappa shape index (κ3) is 4.93. The van der Waals surface area contributed by atoms with Crippen LogP contribution in [0.1, 0.15) is 56.6 Å². The number of nitrogens with one attached hydrogen (secondary N) is 1. The molecule has 0 aliphatic carbocycles. The fourth-order valence-corrected chi connectivity index (χ4v) is 3.28. The topological polar surface area (TPSA) is 62.9 Å². The average molecular weight is 385 g/mol. The van der Waals surface area contributed by atoms with Crippen molar-refractivity contribution in [2.45, 2.75) is 52.7 Å². The molecule has 2 aromatic rings. The van der Waals surface area contributed by atoms with Crippen LogP contribution in [0.4, 0.5) is 0 Å².